The van der Waals surface area contributed by atoms with E-state index < -0.39 is 70.2 Å². The van der Waals surface area contributed by atoms with E-state index in [4.69, 9.17) is 0 Å². The van der Waals surface area contributed by atoms with Crippen molar-refractivity contribution in [2.24, 2.45) is 28.6 Å². The van der Waals surface area contributed by atoms with E-state index in [0.29, 0.717) is 0 Å². The van der Waals surface area contributed by atoms with Gasteiger partial charge in [0.2, 0.25) is 0 Å². The summed E-state index contributed by atoms with van der Waals surface area (Å²) >= 11 is 0. The number of hydrogen-bond acceptors (Lipinski definition) is 2. The molecule has 0 bridgehead atoms. The van der Waals surface area contributed by atoms with Gasteiger partial charge in [0, 0.05) is 10.8 Å². The van der Waals surface area contributed by atoms with Crippen molar-refractivity contribution in [1.82, 2.24) is 0 Å². The van der Waals surface area contributed by atoms with Crippen LogP contribution in [0, 0.1) is 28.6 Å². The first-order valence-corrected chi connectivity index (χ1v) is 10.6. The van der Waals surface area contributed by atoms with Crippen molar-refractivity contribution in [2.45, 2.75) is 76.2 Å². The summed E-state index contributed by atoms with van der Waals surface area (Å²) in [7, 11) is 0. The number of carbonyl (C=O) groups excluding carboxylic acids is 1. The predicted octanol–water partition coefficient (Wildman–Crippen LogP) is 6.16. The van der Waals surface area contributed by atoms with Crippen molar-refractivity contribution >= 4 is 5.78 Å². The maximum Gasteiger partial charge on any atom is 0.456 e. The van der Waals surface area contributed by atoms with E-state index in [2.05, 4.69) is 0 Å². The molecule has 2 nitrogen and oxygen atoms in total. The Bertz CT molecular complexity index is 901. The van der Waals surface area contributed by atoms with Gasteiger partial charge in [-0.05, 0) is 67.9 Å². The van der Waals surface area contributed by atoms with Crippen LogP contribution in [0.5, 0.6) is 0 Å². The number of rotatable bonds is 1. The highest BCUT2D eigenvalue weighted by atomic mass is 19.4. The summed E-state index contributed by atoms with van der Waals surface area (Å²) in [6.07, 6.45) is -9.26. The summed E-state index contributed by atoms with van der Waals surface area (Å²) in [6.45, 7) is 2.84. The van der Waals surface area contributed by atoms with Crippen molar-refractivity contribution in [2.75, 3.05) is 0 Å². The summed E-state index contributed by atoms with van der Waals surface area (Å²) in [5.74, 6) is -8.01. The zero-order valence-electron chi connectivity index (χ0n) is 17.5. The van der Waals surface area contributed by atoms with E-state index in [9.17, 15) is 45.0 Å². The van der Waals surface area contributed by atoms with E-state index >= 15 is 0 Å². The molecule has 10 heteroatoms. The fourth-order valence-electron chi connectivity index (χ4n) is 7.42. The largest absolute Gasteiger partial charge is 0.456 e. The molecule has 0 spiro atoms. The molecule has 4 rings (SSSR count). The average molecular weight is 472 g/mol. The maximum absolute atomic E-state index is 14.5. The van der Waals surface area contributed by atoms with Gasteiger partial charge >= 0.3 is 18.3 Å². The van der Waals surface area contributed by atoms with Crippen LogP contribution in [0.4, 0.5) is 35.1 Å². The minimum atomic E-state index is -5.92. The summed E-state index contributed by atoms with van der Waals surface area (Å²) in [5, 5.41) is 10.8. The van der Waals surface area contributed by atoms with Crippen molar-refractivity contribution < 1.29 is 45.0 Å². The lowest BCUT2D eigenvalue weighted by atomic mass is 9.46. The highest BCUT2D eigenvalue weighted by Crippen LogP contribution is 2.70. The van der Waals surface area contributed by atoms with Crippen LogP contribution in [0.1, 0.15) is 52.4 Å². The zero-order chi connectivity index (χ0) is 24.1. The van der Waals surface area contributed by atoms with E-state index in [1.165, 1.54) is 13.0 Å². The van der Waals surface area contributed by atoms with Gasteiger partial charge in [0.05, 0.1) is 0 Å². The van der Waals surface area contributed by atoms with E-state index in [-0.39, 0.29) is 37.7 Å². The second-order valence-electron chi connectivity index (χ2n) is 10.2. The van der Waals surface area contributed by atoms with Gasteiger partial charge < -0.3 is 5.11 Å². The Labute approximate surface area is 179 Å². The Kier molecular flexibility index (Phi) is 4.87. The third-order valence-electron chi connectivity index (χ3n) is 9.02. The lowest BCUT2D eigenvalue weighted by Gasteiger charge is -2.59. The summed E-state index contributed by atoms with van der Waals surface area (Å²) < 4.78 is 109. The molecule has 32 heavy (non-hydrogen) atoms. The molecule has 1 unspecified atom stereocenters. The monoisotopic (exact) mass is 472 g/mol. The second-order valence-corrected chi connectivity index (χ2v) is 10.2. The smallest absolute Gasteiger partial charge is 0.383 e. The Morgan fingerprint density at radius 3 is 2.09 bits per heavy atom. The number of aliphatic hydroxyl groups is 1. The second kappa shape index (κ2) is 6.57. The predicted molar refractivity (Wildman–Crippen MR) is 97.6 cm³/mol. The number of carbonyl (C=O) groups is 1. The third-order valence-corrected chi connectivity index (χ3v) is 9.02. The van der Waals surface area contributed by atoms with Gasteiger partial charge in [0.15, 0.2) is 5.78 Å². The number of hydrogen-bond donors (Lipinski definition) is 1. The number of ketones is 1. The van der Waals surface area contributed by atoms with Crippen LogP contribution in [0.15, 0.2) is 23.3 Å². The third kappa shape index (κ3) is 2.76. The van der Waals surface area contributed by atoms with Gasteiger partial charge in [-0.1, -0.05) is 19.9 Å². The molecule has 6 atom stereocenters. The molecule has 0 heterocycles. The van der Waals surface area contributed by atoms with Gasteiger partial charge in [-0.3, -0.25) is 4.79 Å². The standard InChI is InChI=1S/C22H24F8O2/c1-17-8-7-15(31)16(20(23,24)25)14(17)4-3-11-12(17)5-9-18(2)13(11)6-10-19(18,32)21(26,27)22(28,29)30/h7-8,11-13,32H,3-6,9-10H2,1-2H3/t11-,12-,13+,17-,18+,19?/m1/s1. The SMILES string of the molecule is C[C@]12C=CC(=O)C(C(F)(F)F)=C1CC[C@@H]1[C@H]2CC[C@@]2(C)[C@H]1CCC2(O)C(F)(F)C(F)(F)F. The maximum atomic E-state index is 14.5. The Morgan fingerprint density at radius 2 is 1.53 bits per heavy atom. The Morgan fingerprint density at radius 1 is 0.938 bits per heavy atom. The van der Waals surface area contributed by atoms with Crippen LogP contribution >= 0.6 is 0 Å². The number of allylic oxidation sites excluding steroid dienone is 4. The van der Waals surface area contributed by atoms with Gasteiger partial charge in [-0.2, -0.15) is 35.1 Å². The fourth-order valence-corrected chi connectivity index (χ4v) is 7.42. The quantitative estimate of drug-likeness (QED) is 0.465. The van der Waals surface area contributed by atoms with Crippen LogP contribution in [0.2, 0.25) is 0 Å². The molecule has 0 aromatic heterocycles. The lowest BCUT2D eigenvalue weighted by Crippen LogP contribution is -2.65. The molecular weight excluding hydrogens is 448 g/mol. The summed E-state index contributed by atoms with van der Waals surface area (Å²) in [6, 6.07) is 0. The average Bonchev–Trinajstić information content (AvgIpc) is 2.93. The van der Waals surface area contributed by atoms with Crippen LogP contribution < -0.4 is 0 Å². The molecule has 0 saturated heterocycles. The van der Waals surface area contributed by atoms with Crippen LogP contribution in [0.25, 0.3) is 0 Å². The lowest BCUT2D eigenvalue weighted by molar-refractivity contribution is -0.363. The molecule has 4 aliphatic carbocycles. The molecule has 3 fully saturated rings. The van der Waals surface area contributed by atoms with Crippen molar-refractivity contribution in [1.29, 1.82) is 0 Å². The molecule has 0 aromatic rings. The highest BCUT2D eigenvalue weighted by Gasteiger charge is 2.79. The number of halogens is 8. The molecule has 180 valence electrons. The van der Waals surface area contributed by atoms with Crippen molar-refractivity contribution in [3.8, 4) is 0 Å². The number of fused-ring (bicyclic) bond motifs is 5. The zero-order valence-corrected chi connectivity index (χ0v) is 17.5. The first-order chi connectivity index (χ1) is 14.4. The highest BCUT2D eigenvalue weighted by molar-refractivity contribution is 6.07. The fraction of sp³-hybridized carbons (Fsp3) is 0.773. The van der Waals surface area contributed by atoms with Crippen LogP contribution in [-0.2, 0) is 4.79 Å². The van der Waals surface area contributed by atoms with Crippen molar-refractivity contribution in [3.63, 3.8) is 0 Å². The minimum absolute atomic E-state index is 0.0313. The molecule has 0 aliphatic heterocycles. The number of alkyl halides is 8. The molecular formula is C22H24F8O2. The molecule has 1 N–H and O–H groups in total. The summed E-state index contributed by atoms with van der Waals surface area (Å²) in [5.41, 5.74) is -7.38. The molecule has 4 aliphatic rings. The molecule has 3 saturated carbocycles. The normalized spacial score (nSPS) is 42.6. The van der Waals surface area contributed by atoms with Gasteiger partial charge in [-0.15, -0.1) is 0 Å². The van der Waals surface area contributed by atoms with Gasteiger partial charge in [0.25, 0.3) is 0 Å². The topological polar surface area (TPSA) is 37.3 Å². The molecule has 0 amide bonds. The first-order valence-electron chi connectivity index (χ1n) is 10.6. The Balaban J connectivity index is 1.75. The van der Waals surface area contributed by atoms with Gasteiger partial charge in [-0.25, -0.2) is 0 Å². The van der Waals surface area contributed by atoms with Crippen LogP contribution in [0.3, 0.4) is 0 Å². The minimum Gasteiger partial charge on any atom is -0.383 e. The Hall–Kier alpha value is -1.45. The van der Waals surface area contributed by atoms with Crippen LogP contribution in [-0.4, -0.2) is 34.8 Å². The molecule has 0 radical (unpaired) electrons. The van der Waals surface area contributed by atoms with E-state index in [0.717, 1.165) is 6.08 Å². The summed E-state index contributed by atoms with van der Waals surface area (Å²) in [4.78, 5) is 12.0. The van der Waals surface area contributed by atoms with E-state index in [1.807, 2.05) is 0 Å². The molecule has 0 aromatic carbocycles. The van der Waals surface area contributed by atoms with E-state index in [1.54, 1.807) is 6.92 Å². The first kappa shape index (κ1) is 23.7. The van der Waals surface area contributed by atoms with Gasteiger partial charge in [0.1, 0.15) is 11.2 Å². The van der Waals surface area contributed by atoms with Crippen molar-refractivity contribution in [3.05, 3.63) is 23.3 Å².